The fourth-order valence-corrected chi connectivity index (χ4v) is 3.80. The van der Waals surface area contributed by atoms with Crippen LogP contribution in [0, 0.1) is 0 Å². The molecular weight excluding hydrogens is 282 g/mol. The average molecular weight is 305 g/mol. The van der Waals surface area contributed by atoms with Crippen molar-refractivity contribution in [1.29, 1.82) is 0 Å². The number of aromatic nitrogens is 3. The van der Waals surface area contributed by atoms with Crippen molar-refractivity contribution >= 4 is 29.0 Å². The van der Waals surface area contributed by atoms with Crippen LogP contribution in [-0.4, -0.2) is 45.0 Å². The number of thioether (sulfide) groups is 1. The van der Waals surface area contributed by atoms with E-state index < -0.39 is 0 Å². The summed E-state index contributed by atoms with van der Waals surface area (Å²) in [5, 5.41) is 4.09. The van der Waals surface area contributed by atoms with Gasteiger partial charge in [-0.2, -0.15) is 11.8 Å². The molecule has 114 valence electrons. The molecule has 0 amide bonds. The highest BCUT2D eigenvalue weighted by Gasteiger charge is 2.22. The summed E-state index contributed by atoms with van der Waals surface area (Å²) >= 11 is 2.07. The summed E-state index contributed by atoms with van der Waals surface area (Å²) in [5.41, 5.74) is 0.957. The fourth-order valence-electron chi connectivity index (χ4n) is 2.62. The predicted molar refractivity (Wildman–Crippen MR) is 90.5 cm³/mol. The summed E-state index contributed by atoms with van der Waals surface area (Å²) in [7, 11) is 0. The van der Waals surface area contributed by atoms with Crippen LogP contribution in [0.4, 0.5) is 11.6 Å². The number of nitrogens with one attached hydrogen (secondary N) is 1. The van der Waals surface area contributed by atoms with Gasteiger partial charge >= 0.3 is 0 Å². The molecule has 0 radical (unpaired) electrons. The van der Waals surface area contributed by atoms with E-state index in [0.29, 0.717) is 5.25 Å². The highest BCUT2D eigenvalue weighted by atomic mass is 32.2. The molecule has 6 heteroatoms. The summed E-state index contributed by atoms with van der Waals surface area (Å²) < 4.78 is 2.07. The summed E-state index contributed by atoms with van der Waals surface area (Å²) in [4.78, 5) is 11.7. The van der Waals surface area contributed by atoms with Crippen LogP contribution in [0.25, 0.3) is 5.65 Å². The third-order valence-corrected chi connectivity index (χ3v) is 5.18. The maximum absolute atomic E-state index is 4.83. The smallest absolute Gasteiger partial charge is 0.180 e. The molecule has 0 saturated carbocycles. The molecule has 1 fully saturated rings. The molecule has 3 rings (SSSR count). The first-order valence-corrected chi connectivity index (χ1v) is 8.80. The van der Waals surface area contributed by atoms with Gasteiger partial charge in [-0.05, 0) is 12.8 Å². The molecule has 1 unspecified atom stereocenters. The fraction of sp³-hybridized carbons (Fsp3) is 0.600. The van der Waals surface area contributed by atoms with Crippen LogP contribution < -0.4 is 10.2 Å². The van der Waals surface area contributed by atoms with Crippen molar-refractivity contribution in [2.45, 2.75) is 31.9 Å². The van der Waals surface area contributed by atoms with E-state index >= 15 is 0 Å². The van der Waals surface area contributed by atoms with Gasteiger partial charge in [0, 0.05) is 43.0 Å². The van der Waals surface area contributed by atoms with E-state index in [9.17, 15) is 0 Å². The Balaban J connectivity index is 1.93. The molecule has 1 atom stereocenters. The number of hydrogen-bond donors (Lipinski definition) is 1. The molecule has 0 aliphatic carbocycles. The highest BCUT2D eigenvalue weighted by molar-refractivity contribution is 8.00. The van der Waals surface area contributed by atoms with E-state index in [0.717, 1.165) is 43.3 Å². The standard InChI is InChI=1S/C15H23N5S/c1-3-5-16-13-11-19-7-6-17-14(19)15(18-13)20-8-9-21-12(4-2)10-20/h6-7,11-12,16H,3-5,8-10H2,1-2H3. The van der Waals surface area contributed by atoms with Crippen molar-refractivity contribution in [3.63, 3.8) is 0 Å². The Hall–Kier alpha value is -1.43. The largest absolute Gasteiger partial charge is 0.369 e. The van der Waals surface area contributed by atoms with Crippen molar-refractivity contribution in [3.05, 3.63) is 18.6 Å². The zero-order valence-corrected chi connectivity index (χ0v) is 13.6. The van der Waals surface area contributed by atoms with Crippen LogP contribution in [0.5, 0.6) is 0 Å². The van der Waals surface area contributed by atoms with Crippen molar-refractivity contribution in [3.8, 4) is 0 Å². The van der Waals surface area contributed by atoms with Crippen molar-refractivity contribution in [2.75, 3.05) is 35.6 Å². The third kappa shape index (κ3) is 3.10. The van der Waals surface area contributed by atoms with Crippen molar-refractivity contribution in [2.24, 2.45) is 0 Å². The van der Waals surface area contributed by atoms with E-state index in [4.69, 9.17) is 4.98 Å². The number of rotatable bonds is 5. The number of imidazole rings is 1. The predicted octanol–water partition coefficient (Wildman–Crippen LogP) is 2.88. The molecule has 0 bridgehead atoms. The molecule has 1 aliphatic rings. The maximum Gasteiger partial charge on any atom is 0.180 e. The van der Waals surface area contributed by atoms with E-state index in [2.05, 4.69) is 45.2 Å². The van der Waals surface area contributed by atoms with Gasteiger partial charge in [0.05, 0.1) is 6.20 Å². The lowest BCUT2D eigenvalue weighted by molar-refractivity contribution is 0.720. The summed E-state index contributed by atoms with van der Waals surface area (Å²) in [6, 6.07) is 0. The number of fused-ring (bicyclic) bond motifs is 1. The average Bonchev–Trinajstić information content (AvgIpc) is 3.00. The quantitative estimate of drug-likeness (QED) is 0.920. The van der Waals surface area contributed by atoms with Gasteiger partial charge in [0.25, 0.3) is 0 Å². The van der Waals surface area contributed by atoms with Crippen LogP contribution in [-0.2, 0) is 0 Å². The third-order valence-electron chi connectivity index (χ3n) is 3.81. The molecule has 2 aromatic heterocycles. The van der Waals surface area contributed by atoms with Gasteiger partial charge < -0.3 is 14.6 Å². The van der Waals surface area contributed by atoms with Gasteiger partial charge in [-0.15, -0.1) is 0 Å². The lowest BCUT2D eigenvalue weighted by atomic mass is 10.3. The van der Waals surface area contributed by atoms with E-state index in [1.165, 1.54) is 12.2 Å². The zero-order valence-electron chi connectivity index (χ0n) is 12.7. The van der Waals surface area contributed by atoms with Gasteiger partial charge in [0.15, 0.2) is 11.5 Å². The Bertz CT molecular complexity index is 597. The second kappa shape index (κ2) is 6.56. The summed E-state index contributed by atoms with van der Waals surface area (Å²) in [6.07, 6.45) is 8.17. The Morgan fingerprint density at radius 3 is 3.14 bits per heavy atom. The van der Waals surface area contributed by atoms with Crippen LogP contribution in [0.1, 0.15) is 26.7 Å². The molecule has 1 N–H and O–H groups in total. The Morgan fingerprint density at radius 2 is 2.33 bits per heavy atom. The SMILES string of the molecule is CCCNc1cn2ccnc2c(N2CCSC(CC)C2)n1. The first-order chi connectivity index (χ1) is 10.3. The first-order valence-electron chi connectivity index (χ1n) is 7.76. The Morgan fingerprint density at radius 1 is 1.43 bits per heavy atom. The second-order valence-corrected chi connectivity index (χ2v) is 6.79. The normalized spacial score (nSPS) is 19.1. The van der Waals surface area contributed by atoms with Gasteiger partial charge in [-0.25, -0.2) is 9.97 Å². The van der Waals surface area contributed by atoms with Crippen LogP contribution in [0.3, 0.4) is 0 Å². The van der Waals surface area contributed by atoms with Gasteiger partial charge in [-0.1, -0.05) is 13.8 Å². The second-order valence-electron chi connectivity index (χ2n) is 5.38. The molecule has 0 spiro atoms. The number of nitrogens with zero attached hydrogens (tertiary/aromatic N) is 4. The van der Waals surface area contributed by atoms with E-state index in [-0.39, 0.29) is 0 Å². The first kappa shape index (κ1) is 14.5. The minimum atomic E-state index is 0.697. The van der Waals surface area contributed by atoms with Crippen LogP contribution in [0.15, 0.2) is 18.6 Å². The van der Waals surface area contributed by atoms with E-state index in [1.807, 2.05) is 18.6 Å². The van der Waals surface area contributed by atoms with Crippen molar-refractivity contribution < 1.29 is 0 Å². The molecule has 1 saturated heterocycles. The Labute approximate surface area is 130 Å². The highest BCUT2D eigenvalue weighted by Crippen LogP contribution is 2.27. The van der Waals surface area contributed by atoms with Crippen LogP contribution in [0.2, 0.25) is 0 Å². The molecule has 0 aromatic carbocycles. The lowest BCUT2D eigenvalue weighted by Gasteiger charge is -2.33. The minimum Gasteiger partial charge on any atom is -0.369 e. The molecule has 1 aliphatic heterocycles. The molecule has 3 heterocycles. The van der Waals surface area contributed by atoms with Gasteiger partial charge in [-0.3, -0.25) is 0 Å². The molecule has 2 aromatic rings. The summed E-state index contributed by atoms with van der Waals surface area (Å²) in [5.74, 6) is 3.11. The minimum absolute atomic E-state index is 0.697. The monoisotopic (exact) mass is 305 g/mol. The van der Waals surface area contributed by atoms with Crippen LogP contribution >= 0.6 is 11.8 Å². The molecule has 5 nitrogen and oxygen atoms in total. The molecular formula is C15H23N5S. The summed E-state index contributed by atoms with van der Waals surface area (Å²) in [6.45, 7) is 7.48. The lowest BCUT2D eigenvalue weighted by Crippen LogP contribution is -2.38. The van der Waals surface area contributed by atoms with Gasteiger partial charge in [0.2, 0.25) is 0 Å². The number of anilines is 2. The topological polar surface area (TPSA) is 45.5 Å². The van der Waals surface area contributed by atoms with Crippen molar-refractivity contribution in [1.82, 2.24) is 14.4 Å². The molecule has 21 heavy (non-hydrogen) atoms. The Kier molecular flexibility index (Phi) is 4.53. The zero-order chi connectivity index (χ0) is 14.7. The van der Waals surface area contributed by atoms with Gasteiger partial charge in [0.1, 0.15) is 5.82 Å². The maximum atomic E-state index is 4.83. The van der Waals surface area contributed by atoms with E-state index in [1.54, 1.807) is 0 Å². The number of hydrogen-bond acceptors (Lipinski definition) is 5.